The van der Waals surface area contributed by atoms with E-state index in [9.17, 15) is 0 Å². The van der Waals surface area contributed by atoms with E-state index in [0.717, 1.165) is 66.6 Å². The Bertz CT molecular complexity index is 2910. The van der Waals surface area contributed by atoms with E-state index in [0.29, 0.717) is 11.7 Å². The van der Waals surface area contributed by atoms with Crippen LogP contribution in [0.3, 0.4) is 0 Å². The molecule has 248 valence electrons. The van der Waals surface area contributed by atoms with Crippen LogP contribution in [0.4, 0.5) is 0 Å². The van der Waals surface area contributed by atoms with Crippen LogP contribution in [0.1, 0.15) is 0 Å². The van der Waals surface area contributed by atoms with Crippen LogP contribution in [0.15, 0.2) is 192 Å². The normalized spacial score (nSPS) is 11.4. The van der Waals surface area contributed by atoms with Crippen molar-refractivity contribution in [1.82, 2.24) is 15.0 Å². The molecule has 4 heteroatoms. The standard InChI is InChI=1S/C49H31N3O/c1-3-12-36(13-4-1)47-42-17-9-10-18-43(42)50-48(52-47)37-25-23-35(24-26-37)46-40-16-8-7-11-33(40)27-29-41(46)34-21-19-32(20-22-34)39-28-30-44-45(31-39)53-49(51-44)38-14-5-2-6-15-38/h1-31H. The van der Waals surface area contributed by atoms with E-state index in [1.54, 1.807) is 0 Å². The summed E-state index contributed by atoms with van der Waals surface area (Å²) in [7, 11) is 0. The first-order valence-electron chi connectivity index (χ1n) is 17.8. The highest BCUT2D eigenvalue weighted by atomic mass is 16.3. The van der Waals surface area contributed by atoms with E-state index in [1.807, 2.05) is 54.6 Å². The highest BCUT2D eigenvalue weighted by Gasteiger charge is 2.16. The lowest BCUT2D eigenvalue weighted by atomic mass is 9.89. The van der Waals surface area contributed by atoms with Crippen LogP contribution in [0.5, 0.6) is 0 Å². The Balaban J connectivity index is 1.02. The van der Waals surface area contributed by atoms with Gasteiger partial charge in [0.25, 0.3) is 0 Å². The molecule has 0 unspecified atom stereocenters. The lowest BCUT2D eigenvalue weighted by Gasteiger charge is -2.15. The third kappa shape index (κ3) is 5.63. The summed E-state index contributed by atoms with van der Waals surface area (Å²) in [5, 5.41) is 3.45. The van der Waals surface area contributed by atoms with Crippen molar-refractivity contribution in [3.63, 3.8) is 0 Å². The monoisotopic (exact) mass is 677 g/mol. The van der Waals surface area contributed by atoms with Crippen molar-refractivity contribution in [3.05, 3.63) is 188 Å². The summed E-state index contributed by atoms with van der Waals surface area (Å²) >= 11 is 0. The third-order valence-electron chi connectivity index (χ3n) is 9.95. The fourth-order valence-electron chi connectivity index (χ4n) is 7.28. The molecule has 2 aromatic heterocycles. The quantitative estimate of drug-likeness (QED) is 0.176. The first kappa shape index (κ1) is 30.6. The lowest BCUT2D eigenvalue weighted by molar-refractivity contribution is 0.620. The van der Waals surface area contributed by atoms with E-state index in [1.165, 1.54) is 21.9 Å². The second-order valence-electron chi connectivity index (χ2n) is 13.2. The van der Waals surface area contributed by atoms with Crippen LogP contribution in [0, 0.1) is 0 Å². The molecule has 0 saturated carbocycles. The van der Waals surface area contributed by atoms with Crippen molar-refractivity contribution in [2.24, 2.45) is 0 Å². The molecule has 0 aliphatic carbocycles. The van der Waals surface area contributed by atoms with Crippen LogP contribution >= 0.6 is 0 Å². The van der Waals surface area contributed by atoms with Gasteiger partial charge in [-0.15, -0.1) is 0 Å². The number of hydrogen-bond acceptors (Lipinski definition) is 4. The van der Waals surface area contributed by atoms with Gasteiger partial charge < -0.3 is 4.42 Å². The Morgan fingerprint density at radius 3 is 1.77 bits per heavy atom. The maximum absolute atomic E-state index is 6.18. The molecule has 0 N–H and O–H groups in total. The largest absolute Gasteiger partial charge is 0.436 e. The van der Waals surface area contributed by atoms with E-state index in [2.05, 4.69) is 133 Å². The van der Waals surface area contributed by atoms with Gasteiger partial charge >= 0.3 is 0 Å². The Labute approximate surface area is 306 Å². The average molecular weight is 678 g/mol. The highest BCUT2D eigenvalue weighted by molar-refractivity contribution is 6.04. The van der Waals surface area contributed by atoms with Crippen molar-refractivity contribution in [1.29, 1.82) is 0 Å². The molecule has 0 saturated heterocycles. The van der Waals surface area contributed by atoms with Crippen LogP contribution < -0.4 is 0 Å². The number of rotatable bonds is 6. The molecule has 4 nitrogen and oxygen atoms in total. The predicted molar refractivity (Wildman–Crippen MR) is 217 cm³/mol. The number of nitrogens with zero attached hydrogens (tertiary/aromatic N) is 3. The Kier molecular flexibility index (Phi) is 7.43. The average Bonchev–Trinajstić information content (AvgIpc) is 3.68. The summed E-state index contributed by atoms with van der Waals surface area (Å²) in [6, 6.07) is 65.4. The maximum Gasteiger partial charge on any atom is 0.227 e. The van der Waals surface area contributed by atoms with Gasteiger partial charge in [0.05, 0.1) is 11.2 Å². The van der Waals surface area contributed by atoms with E-state index in [-0.39, 0.29) is 0 Å². The first-order chi connectivity index (χ1) is 26.2. The predicted octanol–water partition coefficient (Wildman–Crippen LogP) is 12.9. The molecule has 0 atom stereocenters. The van der Waals surface area contributed by atoms with Crippen molar-refractivity contribution in [3.8, 4) is 67.5 Å². The highest BCUT2D eigenvalue weighted by Crippen LogP contribution is 2.40. The summed E-state index contributed by atoms with van der Waals surface area (Å²) in [6.45, 7) is 0. The van der Waals surface area contributed by atoms with Crippen molar-refractivity contribution in [2.75, 3.05) is 0 Å². The van der Waals surface area contributed by atoms with Crippen LogP contribution in [0.25, 0.3) is 100 Å². The number of benzene rings is 8. The van der Waals surface area contributed by atoms with Gasteiger partial charge in [0.2, 0.25) is 5.89 Å². The molecule has 0 fully saturated rings. The molecular weight excluding hydrogens is 647 g/mol. The second-order valence-corrected chi connectivity index (χ2v) is 13.2. The SMILES string of the molecule is c1ccc(-c2nc3ccc(-c4ccc(-c5ccc6ccccc6c5-c5ccc(-c6nc(-c7ccccc7)c7ccccc7n6)cc5)cc4)cc3o2)cc1. The molecule has 2 heterocycles. The van der Waals surface area contributed by atoms with Crippen molar-refractivity contribution in [2.45, 2.75) is 0 Å². The third-order valence-corrected chi connectivity index (χ3v) is 9.95. The topological polar surface area (TPSA) is 51.8 Å². The molecule has 0 radical (unpaired) electrons. The zero-order valence-electron chi connectivity index (χ0n) is 28.6. The Morgan fingerprint density at radius 1 is 0.358 bits per heavy atom. The number of fused-ring (bicyclic) bond motifs is 3. The van der Waals surface area contributed by atoms with Gasteiger partial charge in [-0.05, 0) is 74.5 Å². The van der Waals surface area contributed by atoms with Gasteiger partial charge in [0.1, 0.15) is 5.52 Å². The van der Waals surface area contributed by atoms with E-state index < -0.39 is 0 Å². The molecule has 0 spiro atoms. The number of para-hydroxylation sites is 1. The molecule has 0 aliphatic rings. The molecule has 0 bridgehead atoms. The van der Waals surface area contributed by atoms with Gasteiger partial charge in [0.15, 0.2) is 11.4 Å². The number of hydrogen-bond donors (Lipinski definition) is 0. The van der Waals surface area contributed by atoms with Gasteiger partial charge in [0, 0.05) is 22.1 Å². The van der Waals surface area contributed by atoms with Crippen molar-refractivity contribution < 1.29 is 4.42 Å². The number of oxazole rings is 1. The fraction of sp³-hybridized carbons (Fsp3) is 0. The smallest absolute Gasteiger partial charge is 0.227 e. The van der Waals surface area contributed by atoms with Gasteiger partial charge in [-0.1, -0.05) is 158 Å². The molecule has 53 heavy (non-hydrogen) atoms. The lowest BCUT2D eigenvalue weighted by Crippen LogP contribution is -1.95. The van der Waals surface area contributed by atoms with Crippen LogP contribution in [-0.4, -0.2) is 15.0 Å². The summed E-state index contributed by atoms with van der Waals surface area (Å²) in [5.41, 5.74) is 13.4. The van der Waals surface area contributed by atoms with Crippen LogP contribution in [-0.2, 0) is 0 Å². The van der Waals surface area contributed by atoms with Gasteiger partial charge in [-0.2, -0.15) is 0 Å². The molecule has 10 aromatic rings. The first-order valence-corrected chi connectivity index (χ1v) is 17.8. The zero-order chi connectivity index (χ0) is 35.1. The summed E-state index contributed by atoms with van der Waals surface area (Å²) in [6.07, 6.45) is 0. The molecule has 10 rings (SSSR count). The molecule has 0 aliphatic heterocycles. The zero-order valence-corrected chi connectivity index (χ0v) is 28.6. The second kappa shape index (κ2) is 12.9. The van der Waals surface area contributed by atoms with E-state index in [4.69, 9.17) is 19.4 Å². The molecular formula is C49H31N3O. The van der Waals surface area contributed by atoms with Gasteiger partial charge in [-0.3, -0.25) is 0 Å². The maximum atomic E-state index is 6.18. The Morgan fingerprint density at radius 2 is 0.981 bits per heavy atom. The number of aromatic nitrogens is 3. The molecule has 8 aromatic carbocycles. The minimum absolute atomic E-state index is 0.631. The summed E-state index contributed by atoms with van der Waals surface area (Å²) < 4.78 is 6.18. The Hall–Kier alpha value is -7.17. The summed E-state index contributed by atoms with van der Waals surface area (Å²) in [5.74, 6) is 1.34. The van der Waals surface area contributed by atoms with Crippen LogP contribution in [0.2, 0.25) is 0 Å². The molecule has 0 amide bonds. The summed E-state index contributed by atoms with van der Waals surface area (Å²) in [4.78, 5) is 14.8. The van der Waals surface area contributed by atoms with E-state index >= 15 is 0 Å². The van der Waals surface area contributed by atoms with Crippen molar-refractivity contribution >= 4 is 32.8 Å². The minimum atomic E-state index is 0.631. The minimum Gasteiger partial charge on any atom is -0.436 e. The fourth-order valence-corrected chi connectivity index (χ4v) is 7.28. The van der Waals surface area contributed by atoms with Gasteiger partial charge in [-0.25, -0.2) is 15.0 Å².